The molecule has 1 atom stereocenters. The summed E-state index contributed by atoms with van der Waals surface area (Å²) in [6.45, 7) is 2.04. The number of hydrogen-bond donors (Lipinski definition) is 2. The molecular weight excluding hydrogens is 396 g/mol. The number of nitrogens with zero attached hydrogens (tertiary/aromatic N) is 4. The Kier molecular flexibility index (Phi) is 4.65. The van der Waals surface area contributed by atoms with Crippen molar-refractivity contribution >= 4 is 23.3 Å². The molecule has 9 heteroatoms. The molecule has 9 nitrogen and oxygen atoms in total. The molecule has 1 aromatic carbocycles. The van der Waals surface area contributed by atoms with Crippen molar-refractivity contribution in [2.24, 2.45) is 5.92 Å². The minimum absolute atomic E-state index is 0.0804. The highest BCUT2D eigenvalue weighted by molar-refractivity contribution is 6.03. The first-order valence-corrected chi connectivity index (χ1v) is 10.3. The van der Waals surface area contributed by atoms with Gasteiger partial charge in [0.2, 0.25) is 17.8 Å². The molecule has 2 fully saturated rings. The number of para-hydroxylation sites is 1. The summed E-state index contributed by atoms with van der Waals surface area (Å²) in [5, 5.41) is 7.48. The smallest absolute Gasteiger partial charge is 0.252 e. The SMILES string of the molecule is Cc1cc(=O)[nH]c(-n2nc(C3CC3)cc2NC(=O)[C@H]2CC(=O)N(c3ccccc3)C2)n1. The first-order chi connectivity index (χ1) is 15.0. The molecule has 0 bridgehead atoms. The zero-order chi connectivity index (χ0) is 21.5. The number of carbonyl (C=O) groups is 2. The van der Waals surface area contributed by atoms with Gasteiger partial charge in [-0.2, -0.15) is 9.78 Å². The van der Waals surface area contributed by atoms with Crippen molar-refractivity contribution in [3.8, 4) is 5.95 Å². The average molecular weight is 418 g/mol. The van der Waals surface area contributed by atoms with E-state index in [2.05, 4.69) is 20.4 Å². The van der Waals surface area contributed by atoms with Crippen LogP contribution in [0.2, 0.25) is 0 Å². The van der Waals surface area contributed by atoms with Gasteiger partial charge in [-0.15, -0.1) is 0 Å². The predicted molar refractivity (Wildman–Crippen MR) is 114 cm³/mol. The van der Waals surface area contributed by atoms with E-state index in [-0.39, 0.29) is 29.7 Å². The Morgan fingerprint density at radius 2 is 1.94 bits per heavy atom. The summed E-state index contributed by atoms with van der Waals surface area (Å²) in [5.74, 6) is 0.223. The number of carbonyl (C=O) groups excluding carboxylic acids is 2. The maximum atomic E-state index is 13.0. The molecule has 2 amide bonds. The second-order valence-electron chi connectivity index (χ2n) is 8.08. The van der Waals surface area contributed by atoms with Gasteiger partial charge in [0.25, 0.3) is 5.56 Å². The van der Waals surface area contributed by atoms with E-state index in [4.69, 9.17) is 0 Å². The second-order valence-corrected chi connectivity index (χ2v) is 8.08. The lowest BCUT2D eigenvalue weighted by atomic mass is 10.1. The number of nitrogens with one attached hydrogen (secondary N) is 2. The highest BCUT2D eigenvalue weighted by Gasteiger charge is 2.36. The highest BCUT2D eigenvalue weighted by Crippen LogP contribution is 2.40. The molecule has 1 saturated heterocycles. The molecule has 0 radical (unpaired) electrons. The van der Waals surface area contributed by atoms with Gasteiger partial charge in [-0.3, -0.25) is 19.4 Å². The third-order valence-corrected chi connectivity index (χ3v) is 5.60. The molecule has 0 spiro atoms. The quantitative estimate of drug-likeness (QED) is 0.659. The lowest BCUT2D eigenvalue weighted by Crippen LogP contribution is -2.28. The molecule has 2 N–H and O–H groups in total. The number of aromatic amines is 1. The van der Waals surface area contributed by atoms with Crippen molar-refractivity contribution < 1.29 is 9.59 Å². The van der Waals surface area contributed by atoms with Gasteiger partial charge in [0, 0.05) is 42.4 Å². The topological polar surface area (TPSA) is 113 Å². The van der Waals surface area contributed by atoms with Gasteiger partial charge < -0.3 is 10.2 Å². The Balaban J connectivity index is 1.40. The molecule has 31 heavy (non-hydrogen) atoms. The summed E-state index contributed by atoms with van der Waals surface area (Å²) in [5.41, 5.74) is 1.90. The highest BCUT2D eigenvalue weighted by atomic mass is 16.2. The number of H-pyrrole nitrogens is 1. The average Bonchev–Trinajstić information content (AvgIpc) is 3.39. The summed E-state index contributed by atoms with van der Waals surface area (Å²) < 4.78 is 1.46. The Labute approximate surface area is 178 Å². The van der Waals surface area contributed by atoms with Gasteiger partial charge in [-0.25, -0.2) is 4.98 Å². The van der Waals surface area contributed by atoms with Crippen molar-refractivity contribution in [3.63, 3.8) is 0 Å². The lowest BCUT2D eigenvalue weighted by Gasteiger charge is -2.16. The molecule has 1 saturated carbocycles. The summed E-state index contributed by atoms with van der Waals surface area (Å²) >= 11 is 0. The first-order valence-electron chi connectivity index (χ1n) is 10.3. The second kappa shape index (κ2) is 7.50. The van der Waals surface area contributed by atoms with E-state index in [0.29, 0.717) is 24.0 Å². The lowest BCUT2D eigenvalue weighted by molar-refractivity contribution is -0.122. The zero-order valence-electron chi connectivity index (χ0n) is 17.0. The number of amides is 2. The van der Waals surface area contributed by atoms with Gasteiger partial charge in [0.15, 0.2) is 0 Å². The van der Waals surface area contributed by atoms with Crippen LogP contribution < -0.4 is 15.8 Å². The first kappa shape index (κ1) is 19.2. The number of benzene rings is 1. The summed E-state index contributed by atoms with van der Waals surface area (Å²) in [4.78, 5) is 46.1. The molecule has 2 aromatic heterocycles. The molecule has 3 heterocycles. The van der Waals surface area contributed by atoms with Crippen LogP contribution in [-0.4, -0.2) is 38.1 Å². The van der Waals surface area contributed by atoms with Crippen LogP contribution in [0.5, 0.6) is 0 Å². The number of anilines is 2. The molecule has 5 rings (SSSR count). The van der Waals surface area contributed by atoms with Crippen molar-refractivity contribution in [2.75, 3.05) is 16.8 Å². The largest absolute Gasteiger partial charge is 0.312 e. The molecule has 2 aliphatic rings. The standard InChI is InChI=1S/C22H22N6O3/c1-13-9-19(29)25-22(23-13)28-18(11-17(26-28)14-7-8-14)24-21(31)15-10-20(30)27(12-15)16-5-3-2-4-6-16/h2-6,9,11,14-15H,7-8,10,12H2,1H3,(H,24,31)(H,23,25,29)/t15-/m0/s1. The maximum absolute atomic E-state index is 13.0. The van der Waals surface area contributed by atoms with Crippen LogP contribution in [0.15, 0.2) is 47.3 Å². The van der Waals surface area contributed by atoms with E-state index >= 15 is 0 Å². The summed E-state index contributed by atoms with van der Waals surface area (Å²) in [6, 6.07) is 12.5. The van der Waals surface area contributed by atoms with E-state index in [0.717, 1.165) is 24.2 Å². The van der Waals surface area contributed by atoms with Crippen LogP contribution in [0, 0.1) is 12.8 Å². The Hall–Kier alpha value is -3.75. The van der Waals surface area contributed by atoms with Crippen LogP contribution in [0.1, 0.15) is 36.6 Å². The predicted octanol–water partition coefficient (Wildman–Crippen LogP) is 2.13. The van der Waals surface area contributed by atoms with Gasteiger partial charge >= 0.3 is 0 Å². The Morgan fingerprint density at radius 1 is 1.16 bits per heavy atom. The third kappa shape index (κ3) is 3.86. The van der Waals surface area contributed by atoms with E-state index in [1.165, 1.54) is 10.7 Å². The van der Waals surface area contributed by atoms with Crippen molar-refractivity contribution in [1.82, 2.24) is 19.7 Å². The molecule has 0 unspecified atom stereocenters. The van der Waals surface area contributed by atoms with Crippen LogP contribution in [-0.2, 0) is 9.59 Å². The van der Waals surface area contributed by atoms with Crippen LogP contribution in [0.25, 0.3) is 5.95 Å². The summed E-state index contributed by atoms with van der Waals surface area (Å²) in [6.07, 6.45) is 2.24. The monoisotopic (exact) mass is 418 g/mol. The van der Waals surface area contributed by atoms with Crippen LogP contribution in [0.3, 0.4) is 0 Å². The fraction of sp³-hybridized carbons (Fsp3) is 0.318. The van der Waals surface area contributed by atoms with E-state index in [9.17, 15) is 14.4 Å². The maximum Gasteiger partial charge on any atom is 0.252 e. The Morgan fingerprint density at radius 3 is 2.65 bits per heavy atom. The molecule has 1 aliphatic heterocycles. The minimum atomic E-state index is -0.482. The van der Waals surface area contributed by atoms with Crippen molar-refractivity contribution in [1.29, 1.82) is 0 Å². The van der Waals surface area contributed by atoms with E-state index in [1.54, 1.807) is 11.8 Å². The van der Waals surface area contributed by atoms with Crippen molar-refractivity contribution in [3.05, 3.63) is 64.2 Å². The van der Waals surface area contributed by atoms with Gasteiger partial charge in [0.05, 0.1) is 11.6 Å². The number of rotatable bonds is 5. The number of aromatic nitrogens is 4. The van der Waals surface area contributed by atoms with Gasteiger partial charge in [0.1, 0.15) is 5.82 Å². The summed E-state index contributed by atoms with van der Waals surface area (Å²) in [7, 11) is 0. The van der Waals surface area contributed by atoms with E-state index < -0.39 is 5.92 Å². The van der Waals surface area contributed by atoms with Crippen LogP contribution in [0.4, 0.5) is 11.5 Å². The van der Waals surface area contributed by atoms with Crippen LogP contribution >= 0.6 is 0 Å². The normalized spacial score (nSPS) is 18.4. The fourth-order valence-electron chi connectivity index (χ4n) is 3.86. The van der Waals surface area contributed by atoms with Gasteiger partial charge in [-0.1, -0.05) is 18.2 Å². The minimum Gasteiger partial charge on any atom is -0.312 e. The fourth-order valence-corrected chi connectivity index (χ4v) is 3.86. The third-order valence-electron chi connectivity index (χ3n) is 5.60. The van der Waals surface area contributed by atoms with E-state index in [1.807, 2.05) is 36.4 Å². The molecule has 3 aromatic rings. The number of hydrogen-bond acceptors (Lipinski definition) is 5. The van der Waals surface area contributed by atoms with Gasteiger partial charge in [-0.05, 0) is 31.9 Å². The number of aryl methyl sites for hydroxylation is 1. The zero-order valence-corrected chi connectivity index (χ0v) is 17.0. The molecule has 1 aliphatic carbocycles. The Bertz CT molecular complexity index is 1210. The molecular formula is C22H22N6O3. The van der Waals surface area contributed by atoms with Crippen molar-refractivity contribution in [2.45, 2.75) is 32.1 Å². The molecule has 158 valence electrons.